The Hall–Kier alpha value is -1.30. The minimum Gasteiger partial charge on any atom is -0.383 e. The lowest BCUT2D eigenvalue weighted by Gasteiger charge is -2.10. The summed E-state index contributed by atoms with van der Waals surface area (Å²) in [7, 11) is 1.63. The van der Waals surface area contributed by atoms with Gasteiger partial charge >= 0.3 is 0 Å². The minimum atomic E-state index is -0.0530. The summed E-state index contributed by atoms with van der Waals surface area (Å²) >= 11 is 1.65. The first kappa shape index (κ1) is 15.8. The van der Waals surface area contributed by atoms with Gasteiger partial charge in [-0.15, -0.1) is 18.3 Å². The molecule has 1 rings (SSSR count). The molecule has 4 nitrogen and oxygen atoms in total. The molecule has 0 unspecified atom stereocenters. The molecule has 104 valence electrons. The molecule has 0 spiro atoms. The molecule has 0 saturated carbocycles. The van der Waals surface area contributed by atoms with Crippen LogP contribution in [-0.2, 0) is 9.53 Å². The van der Waals surface area contributed by atoms with Crippen LogP contribution in [0.3, 0.4) is 0 Å². The fourth-order valence-corrected chi connectivity index (χ4v) is 2.16. The normalized spacial score (nSPS) is 10.2. The predicted octanol–water partition coefficient (Wildman–Crippen LogP) is 2.14. The second-order valence-electron chi connectivity index (χ2n) is 3.81. The maximum atomic E-state index is 11.8. The molecule has 0 bridgehead atoms. The first-order chi connectivity index (χ1) is 9.27. The molecule has 0 aliphatic carbocycles. The highest BCUT2D eigenvalue weighted by atomic mass is 32.2. The van der Waals surface area contributed by atoms with Gasteiger partial charge in [0.05, 0.1) is 18.8 Å². The zero-order chi connectivity index (χ0) is 13.9. The number of thioether (sulfide) groups is 1. The molecule has 1 amide bonds. The van der Waals surface area contributed by atoms with Crippen molar-refractivity contribution in [3.63, 3.8) is 0 Å². The van der Waals surface area contributed by atoms with E-state index in [1.807, 2.05) is 30.3 Å². The van der Waals surface area contributed by atoms with Gasteiger partial charge in [0.25, 0.3) is 0 Å². The van der Waals surface area contributed by atoms with E-state index in [2.05, 4.69) is 17.2 Å². The van der Waals surface area contributed by atoms with Crippen LogP contribution in [0.5, 0.6) is 0 Å². The highest BCUT2D eigenvalue weighted by Gasteiger charge is 2.05. The predicted molar refractivity (Wildman–Crippen MR) is 80.7 cm³/mol. The Labute approximate surface area is 118 Å². The molecule has 0 aromatic heterocycles. The van der Waals surface area contributed by atoms with Gasteiger partial charge < -0.3 is 15.4 Å². The number of hydrogen-bond donors (Lipinski definition) is 2. The number of amides is 1. The monoisotopic (exact) mass is 280 g/mol. The first-order valence-electron chi connectivity index (χ1n) is 6.10. The average molecular weight is 280 g/mol. The number of anilines is 1. The van der Waals surface area contributed by atoms with Crippen molar-refractivity contribution in [2.24, 2.45) is 0 Å². The molecular formula is C14H20N2O2S. The number of hydrogen-bond acceptors (Lipinski definition) is 4. The second-order valence-corrected chi connectivity index (χ2v) is 4.88. The summed E-state index contributed by atoms with van der Waals surface area (Å²) < 4.78 is 4.90. The lowest BCUT2D eigenvalue weighted by Crippen LogP contribution is -2.30. The summed E-state index contributed by atoms with van der Waals surface area (Å²) in [5, 5.41) is 5.91. The molecule has 1 aromatic rings. The van der Waals surface area contributed by atoms with Crippen LogP contribution in [-0.4, -0.2) is 38.5 Å². The van der Waals surface area contributed by atoms with Gasteiger partial charge in [0.2, 0.25) is 5.91 Å². The number of carbonyl (C=O) groups is 1. The number of para-hydroxylation sites is 1. The Balaban J connectivity index is 2.46. The Kier molecular flexibility index (Phi) is 7.97. The summed E-state index contributed by atoms with van der Waals surface area (Å²) in [5.74, 6) is 0.765. The van der Waals surface area contributed by atoms with Gasteiger partial charge in [-0.2, -0.15) is 0 Å². The molecule has 0 saturated heterocycles. The third-order valence-electron chi connectivity index (χ3n) is 2.29. The quantitative estimate of drug-likeness (QED) is 0.413. The lowest BCUT2D eigenvalue weighted by atomic mass is 10.3. The van der Waals surface area contributed by atoms with Crippen molar-refractivity contribution in [2.45, 2.75) is 4.90 Å². The number of carbonyl (C=O) groups excluding carboxylic acids is 1. The SMILES string of the molecule is C=CCSc1ccccc1NC(=O)CNCCOC. The van der Waals surface area contributed by atoms with E-state index in [1.165, 1.54) is 0 Å². The van der Waals surface area contributed by atoms with Crippen LogP contribution in [0.1, 0.15) is 0 Å². The third-order valence-corrected chi connectivity index (χ3v) is 3.36. The Morgan fingerprint density at radius 1 is 1.47 bits per heavy atom. The van der Waals surface area contributed by atoms with Crippen molar-refractivity contribution in [1.82, 2.24) is 5.32 Å². The third kappa shape index (κ3) is 6.42. The van der Waals surface area contributed by atoms with Crippen molar-refractivity contribution >= 4 is 23.4 Å². The summed E-state index contributed by atoms with van der Waals surface area (Å²) in [5.41, 5.74) is 0.841. The molecule has 5 heteroatoms. The zero-order valence-electron chi connectivity index (χ0n) is 11.1. The average Bonchev–Trinajstić information content (AvgIpc) is 2.43. The van der Waals surface area contributed by atoms with Crippen LogP contribution in [0.25, 0.3) is 0 Å². The zero-order valence-corrected chi connectivity index (χ0v) is 12.0. The molecule has 0 fully saturated rings. The van der Waals surface area contributed by atoms with Crippen LogP contribution in [0, 0.1) is 0 Å². The van der Waals surface area contributed by atoms with E-state index in [4.69, 9.17) is 4.74 Å². The topological polar surface area (TPSA) is 50.4 Å². The van der Waals surface area contributed by atoms with Gasteiger partial charge in [0.1, 0.15) is 0 Å². The molecule has 2 N–H and O–H groups in total. The Morgan fingerprint density at radius 2 is 2.26 bits per heavy atom. The molecule has 0 aliphatic rings. The van der Waals surface area contributed by atoms with Crippen LogP contribution >= 0.6 is 11.8 Å². The van der Waals surface area contributed by atoms with Crippen molar-refractivity contribution < 1.29 is 9.53 Å². The lowest BCUT2D eigenvalue weighted by molar-refractivity contribution is -0.115. The minimum absolute atomic E-state index is 0.0530. The standard InChI is InChI=1S/C14H20N2O2S/c1-3-10-19-13-7-5-4-6-12(13)16-14(17)11-15-8-9-18-2/h3-7,15H,1,8-11H2,2H3,(H,16,17). The number of ether oxygens (including phenoxy) is 1. The van der Waals surface area contributed by atoms with E-state index in [0.29, 0.717) is 13.2 Å². The maximum Gasteiger partial charge on any atom is 0.238 e. The molecular weight excluding hydrogens is 260 g/mol. The van der Waals surface area contributed by atoms with Crippen LogP contribution in [0.2, 0.25) is 0 Å². The number of benzene rings is 1. The molecule has 0 aliphatic heterocycles. The molecule has 0 heterocycles. The highest BCUT2D eigenvalue weighted by Crippen LogP contribution is 2.26. The highest BCUT2D eigenvalue weighted by molar-refractivity contribution is 7.99. The summed E-state index contributed by atoms with van der Waals surface area (Å²) in [4.78, 5) is 12.8. The van der Waals surface area contributed by atoms with Gasteiger partial charge in [0.15, 0.2) is 0 Å². The number of methoxy groups -OCH3 is 1. The second kappa shape index (κ2) is 9.61. The van der Waals surface area contributed by atoms with E-state index < -0.39 is 0 Å². The fraction of sp³-hybridized carbons (Fsp3) is 0.357. The summed E-state index contributed by atoms with van der Waals surface area (Å²) in [6.07, 6.45) is 1.84. The summed E-state index contributed by atoms with van der Waals surface area (Å²) in [6, 6.07) is 7.75. The Morgan fingerprint density at radius 3 is 3.00 bits per heavy atom. The van der Waals surface area contributed by atoms with E-state index in [-0.39, 0.29) is 12.5 Å². The van der Waals surface area contributed by atoms with Crippen molar-refractivity contribution in [1.29, 1.82) is 0 Å². The Bertz CT molecular complexity index is 410. The van der Waals surface area contributed by atoms with Crippen LogP contribution < -0.4 is 10.6 Å². The maximum absolute atomic E-state index is 11.8. The van der Waals surface area contributed by atoms with Gasteiger partial charge in [-0.1, -0.05) is 18.2 Å². The van der Waals surface area contributed by atoms with E-state index in [0.717, 1.165) is 16.3 Å². The van der Waals surface area contributed by atoms with E-state index >= 15 is 0 Å². The number of rotatable bonds is 9. The van der Waals surface area contributed by atoms with Gasteiger partial charge in [-0.25, -0.2) is 0 Å². The summed E-state index contributed by atoms with van der Waals surface area (Å²) in [6.45, 7) is 5.24. The molecule has 19 heavy (non-hydrogen) atoms. The van der Waals surface area contributed by atoms with Crippen LogP contribution in [0.15, 0.2) is 41.8 Å². The molecule has 1 aromatic carbocycles. The first-order valence-corrected chi connectivity index (χ1v) is 7.08. The van der Waals surface area contributed by atoms with E-state index in [1.54, 1.807) is 18.9 Å². The fourth-order valence-electron chi connectivity index (χ4n) is 1.42. The molecule has 0 radical (unpaired) electrons. The van der Waals surface area contributed by atoms with Gasteiger partial charge in [-0.3, -0.25) is 4.79 Å². The van der Waals surface area contributed by atoms with E-state index in [9.17, 15) is 4.79 Å². The molecule has 0 atom stereocenters. The smallest absolute Gasteiger partial charge is 0.238 e. The van der Waals surface area contributed by atoms with Crippen molar-refractivity contribution in [2.75, 3.05) is 37.9 Å². The van der Waals surface area contributed by atoms with Crippen molar-refractivity contribution in [3.05, 3.63) is 36.9 Å². The number of nitrogens with one attached hydrogen (secondary N) is 2. The van der Waals surface area contributed by atoms with Crippen molar-refractivity contribution in [3.8, 4) is 0 Å². The van der Waals surface area contributed by atoms with Gasteiger partial charge in [0, 0.05) is 24.3 Å². The van der Waals surface area contributed by atoms with Crippen LogP contribution in [0.4, 0.5) is 5.69 Å². The van der Waals surface area contributed by atoms with Gasteiger partial charge in [-0.05, 0) is 12.1 Å². The largest absolute Gasteiger partial charge is 0.383 e.